The van der Waals surface area contributed by atoms with Crippen LogP contribution in [-0.2, 0) is 11.3 Å². The minimum Gasteiger partial charge on any atom is -0.448 e. The number of ketones is 1. The van der Waals surface area contributed by atoms with Crippen molar-refractivity contribution in [3.8, 4) is 0 Å². The number of benzene rings is 1. The molecule has 0 unspecified atom stereocenters. The van der Waals surface area contributed by atoms with E-state index in [2.05, 4.69) is 9.55 Å². The van der Waals surface area contributed by atoms with Gasteiger partial charge in [0.25, 0.3) is 5.56 Å². The van der Waals surface area contributed by atoms with Crippen molar-refractivity contribution in [1.29, 1.82) is 0 Å². The Labute approximate surface area is 167 Å². The lowest BCUT2D eigenvalue weighted by atomic mass is 10.1. The number of Topliss-reactive ketones (excluding diaryl/α,β-unsaturated/α-hetero) is 1. The average Bonchev–Trinajstić information content (AvgIpc) is 3.22. The van der Waals surface area contributed by atoms with Crippen molar-refractivity contribution in [2.45, 2.75) is 33.4 Å². The smallest absolute Gasteiger partial charge is 0.297 e. The van der Waals surface area contributed by atoms with Crippen LogP contribution in [0.2, 0.25) is 0 Å². The maximum absolute atomic E-state index is 13.0. The second-order valence-corrected chi connectivity index (χ2v) is 7.34. The first kappa shape index (κ1) is 19.1. The second-order valence-electron chi connectivity index (χ2n) is 7.34. The zero-order valence-corrected chi connectivity index (χ0v) is 16.9. The average molecular weight is 393 g/mol. The summed E-state index contributed by atoms with van der Waals surface area (Å²) >= 11 is 0. The minimum absolute atomic E-state index is 0.0955. The van der Waals surface area contributed by atoms with E-state index < -0.39 is 0 Å². The number of carbonyl (C=O) groups is 1. The SMILES string of the molecule is COC[C@@H](C)n1c(C)cc(C(=O)Cn2cnc3c(oc4ccccc43)c2=O)c1C. The van der Waals surface area contributed by atoms with Gasteiger partial charge in [-0.15, -0.1) is 0 Å². The molecule has 7 heteroatoms. The molecule has 3 heterocycles. The molecule has 0 bridgehead atoms. The summed E-state index contributed by atoms with van der Waals surface area (Å²) in [6.07, 6.45) is 1.41. The second kappa shape index (κ2) is 7.33. The molecule has 3 aromatic heterocycles. The van der Waals surface area contributed by atoms with E-state index in [0.717, 1.165) is 16.8 Å². The first-order valence-electron chi connectivity index (χ1n) is 9.49. The van der Waals surface area contributed by atoms with Gasteiger partial charge in [0.1, 0.15) is 11.1 Å². The van der Waals surface area contributed by atoms with Crippen molar-refractivity contribution in [3.05, 3.63) is 64.0 Å². The van der Waals surface area contributed by atoms with Crippen LogP contribution in [0.15, 0.2) is 45.9 Å². The number of carbonyl (C=O) groups excluding carboxylic acids is 1. The highest BCUT2D eigenvalue weighted by Crippen LogP contribution is 2.24. The van der Waals surface area contributed by atoms with Crippen molar-refractivity contribution in [2.75, 3.05) is 13.7 Å². The molecular formula is C22H23N3O4. The molecule has 4 aromatic rings. The van der Waals surface area contributed by atoms with Crippen LogP contribution >= 0.6 is 0 Å². The highest BCUT2D eigenvalue weighted by molar-refractivity contribution is 6.02. The third-order valence-electron chi connectivity index (χ3n) is 5.30. The summed E-state index contributed by atoms with van der Waals surface area (Å²) in [6, 6.07) is 9.34. The van der Waals surface area contributed by atoms with Crippen molar-refractivity contribution in [2.24, 2.45) is 0 Å². The molecule has 0 spiro atoms. The highest BCUT2D eigenvalue weighted by Gasteiger charge is 2.20. The molecule has 0 radical (unpaired) electrons. The molecule has 150 valence electrons. The number of furan rings is 1. The summed E-state index contributed by atoms with van der Waals surface area (Å²) < 4.78 is 14.3. The number of ether oxygens (including phenoxy) is 1. The van der Waals surface area contributed by atoms with Crippen LogP contribution < -0.4 is 5.56 Å². The van der Waals surface area contributed by atoms with Gasteiger partial charge >= 0.3 is 0 Å². The monoisotopic (exact) mass is 393 g/mol. The summed E-state index contributed by atoms with van der Waals surface area (Å²) in [7, 11) is 1.66. The van der Waals surface area contributed by atoms with Gasteiger partial charge in [-0.3, -0.25) is 14.2 Å². The van der Waals surface area contributed by atoms with Gasteiger partial charge in [-0.2, -0.15) is 0 Å². The van der Waals surface area contributed by atoms with E-state index in [0.29, 0.717) is 23.3 Å². The number of rotatable bonds is 6. The Morgan fingerprint density at radius 3 is 2.79 bits per heavy atom. The molecule has 4 rings (SSSR count). The topological polar surface area (TPSA) is 79.3 Å². The predicted octanol–water partition coefficient (Wildman–Crippen LogP) is 3.65. The largest absolute Gasteiger partial charge is 0.448 e. The fourth-order valence-corrected chi connectivity index (χ4v) is 4.02. The molecule has 0 aliphatic heterocycles. The predicted molar refractivity (Wildman–Crippen MR) is 111 cm³/mol. The molecule has 1 aromatic carbocycles. The molecule has 0 saturated carbocycles. The van der Waals surface area contributed by atoms with Crippen LogP contribution in [0.4, 0.5) is 0 Å². The summed E-state index contributed by atoms with van der Waals surface area (Å²) in [6.45, 7) is 6.37. The van der Waals surface area contributed by atoms with E-state index in [1.165, 1.54) is 10.9 Å². The fourth-order valence-electron chi connectivity index (χ4n) is 4.02. The summed E-state index contributed by atoms with van der Waals surface area (Å²) in [5, 5.41) is 0.786. The normalized spacial score (nSPS) is 12.7. The van der Waals surface area contributed by atoms with Gasteiger partial charge in [-0.1, -0.05) is 12.1 Å². The van der Waals surface area contributed by atoms with Crippen molar-refractivity contribution in [1.82, 2.24) is 14.1 Å². The quantitative estimate of drug-likeness (QED) is 0.467. The first-order valence-corrected chi connectivity index (χ1v) is 9.49. The number of para-hydroxylation sites is 1. The van der Waals surface area contributed by atoms with Crippen LogP contribution in [0.5, 0.6) is 0 Å². The molecule has 0 aliphatic carbocycles. The molecular weight excluding hydrogens is 370 g/mol. The van der Waals surface area contributed by atoms with Gasteiger partial charge in [0.05, 0.1) is 25.5 Å². The van der Waals surface area contributed by atoms with Crippen LogP contribution in [0.1, 0.15) is 34.7 Å². The summed E-state index contributed by atoms with van der Waals surface area (Å²) in [5.41, 5.74) is 3.37. The van der Waals surface area contributed by atoms with E-state index in [-0.39, 0.29) is 29.5 Å². The zero-order valence-electron chi connectivity index (χ0n) is 16.9. The van der Waals surface area contributed by atoms with E-state index >= 15 is 0 Å². The van der Waals surface area contributed by atoms with E-state index in [9.17, 15) is 9.59 Å². The fraction of sp³-hybridized carbons (Fsp3) is 0.318. The lowest BCUT2D eigenvalue weighted by molar-refractivity contribution is 0.0969. The van der Waals surface area contributed by atoms with Crippen LogP contribution in [0, 0.1) is 13.8 Å². The molecule has 7 nitrogen and oxygen atoms in total. The number of methoxy groups -OCH3 is 1. The molecule has 0 aliphatic rings. The molecule has 0 saturated heterocycles. The van der Waals surface area contributed by atoms with Gasteiger partial charge in [-0.05, 0) is 39.0 Å². The number of fused-ring (bicyclic) bond motifs is 3. The van der Waals surface area contributed by atoms with Crippen LogP contribution in [0.25, 0.3) is 22.1 Å². The van der Waals surface area contributed by atoms with Crippen molar-refractivity contribution < 1.29 is 13.9 Å². The van der Waals surface area contributed by atoms with Gasteiger partial charge in [-0.25, -0.2) is 4.98 Å². The van der Waals surface area contributed by atoms with Gasteiger partial charge in [0.15, 0.2) is 5.78 Å². The number of nitrogens with zero attached hydrogens (tertiary/aromatic N) is 3. The highest BCUT2D eigenvalue weighted by atomic mass is 16.5. The number of aromatic nitrogens is 3. The van der Waals surface area contributed by atoms with Crippen molar-refractivity contribution >= 4 is 27.9 Å². The van der Waals surface area contributed by atoms with Crippen LogP contribution in [0.3, 0.4) is 0 Å². The number of hydrogen-bond donors (Lipinski definition) is 0. The Morgan fingerprint density at radius 2 is 2.03 bits per heavy atom. The van der Waals surface area contributed by atoms with E-state index in [1.807, 2.05) is 45.0 Å². The molecule has 0 fully saturated rings. The Bertz CT molecular complexity index is 1280. The van der Waals surface area contributed by atoms with Crippen molar-refractivity contribution in [3.63, 3.8) is 0 Å². The number of hydrogen-bond acceptors (Lipinski definition) is 5. The van der Waals surface area contributed by atoms with E-state index in [4.69, 9.17) is 9.15 Å². The third kappa shape index (κ3) is 3.17. The zero-order chi connectivity index (χ0) is 20.7. The third-order valence-corrected chi connectivity index (χ3v) is 5.30. The summed E-state index contributed by atoms with van der Waals surface area (Å²) in [5.74, 6) is -0.145. The Hall–Kier alpha value is -3.19. The standard InChI is InChI=1S/C22H23N3O4/c1-13-9-17(15(3)25(13)14(2)11-28-4)18(26)10-24-12-23-20-16-7-5-6-8-19(16)29-21(20)22(24)27/h5-9,12,14H,10-11H2,1-4H3/t14-/m1/s1. The van der Waals surface area contributed by atoms with Crippen LogP contribution in [-0.4, -0.2) is 33.6 Å². The molecule has 1 atom stereocenters. The van der Waals surface area contributed by atoms with Gasteiger partial charge < -0.3 is 13.7 Å². The maximum atomic E-state index is 13.0. The maximum Gasteiger partial charge on any atom is 0.297 e. The van der Waals surface area contributed by atoms with Gasteiger partial charge in [0.2, 0.25) is 5.58 Å². The van der Waals surface area contributed by atoms with Gasteiger partial charge in [0, 0.05) is 29.4 Å². The Kier molecular flexibility index (Phi) is 4.84. The summed E-state index contributed by atoms with van der Waals surface area (Å²) in [4.78, 5) is 30.2. The van der Waals surface area contributed by atoms with E-state index in [1.54, 1.807) is 13.2 Å². The molecule has 29 heavy (non-hydrogen) atoms. The molecule has 0 amide bonds. The minimum atomic E-state index is -0.360. The Morgan fingerprint density at radius 1 is 1.28 bits per heavy atom. The Balaban J connectivity index is 1.69. The molecule has 0 N–H and O–H groups in total. The lowest BCUT2D eigenvalue weighted by Gasteiger charge is -2.17. The first-order chi connectivity index (χ1) is 13.9. The lowest BCUT2D eigenvalue weighted by Crippen LogP contribution is -2.24. The number of aryl methyl sites for hydroxylation is 1.